The number of methoxy groups -OCH3 is 1. The summed E-state index contributed by atoms with van der Waals surface area (Å²) in [6, 6.07) is 6.25. The van der Waals surface area contributed by atoms with Gasteiger partial charge in [0, 0.05) is 38.9 Å². The molecule has 1 amide bonds. The van der Waals surface area contributed by atoms with E-state index in [9.17, 15) is 13.2 Å². The van der Waals surface area contributed by atoms with Crippen molar-refractivity contribution < 1.29 is 17.9 Å². The topological polar surface area (TPSA) is 75.7 Å². The number of ether oxygens (including phenoxy) is 1. The van der Waals surface area contributed by atoms with E-state index in [0.29, 0.717) is 44.1 Å². The summed E-state index contributed by atoms with van der Waals surface area (Å²) in [5, 5.41) is 2.77. The van der Waals surface area contributed by atoms with Crippen LogP contribution in [0.25, 0.3) is 0 Å². The lowest BCUT2D eigenvalue weighted by molar-refractivity contribution is 0.0948. The highest BCUT2D eigenvalue weighted by Crippen LogP contribution is 2.23. The number of nitrogens with zero attached hydrogens (tertiary/aromatic N) is 1. The van der Waals surface area contributed by atoms with Crippen LogP contribution in [0.4, 0.5) is 0 Å². The van der Waals surface area contributed by atoms with Gasteiger partial charge in [0.1, 0.15) is 0 Å². The number of hydrogen-bond acceptors (Lipinski definition) is 4. The van der Waals surface area contributed by atoms with Gasteiger partial charge in [0.15, 0.2) is 0 Å². The second-order valence-electron chi connectivity index (χ2n) is 6.24. The van der Waals surface area contributed by atoms with Gasteiger partial charge in [-0.25, -0.2) is 8.42 Å². The van der Waals surface area contributed by atoms with Crippen molar-refractivity contribution in [2.75, 3.05) is 33.4 Å². The van der Waals surface area contributed by atoms with E-state index in [0.717, 1.165) is 12.8 Å². The lowest BCUT2D eigenvalue weighted by Gasteiger charge is -2.30. The first-order chi connectivity index (χ1) is 11.4. The van der Waals surface area contributed by atoms with Crippen molar-refractivity contribution in [1.29, 1.82) is 0 Å². The molecule has 134 valence electrons. The molecule has 24 heavy (non-hydrogen) atoms. The molecule has 1 unspecified atom stereocenters. The molecule has 1 aromatic carbocycles. The highest BCUT2D eigenvalue weighted by Gasteiger charge is 2.29. The van der Waals surface area contributed by atoms with Gasteiger partial charge in [-0.05, 0) is 43.4 Å². The Bertz CT molecular complexity index is 660. The van der Waals surface area contributed by atoms with Gasteiger partial charge >= 0.3 is 0 Å². The summed E-state index contributed by atoms with van der Waals surface area (Å²) in [6.07, 6.45) is 2.64. The van der Waals surface area contributed by atoms with Crippen molar-refractivity contribution in [3.8, 4) is 0 Å². The molecule has 1 aliphatic rings. The molecule has 6 nitrogen and oxygen atoms in total. The van der Waals surface area contributed by atoms with Crippen LogP contribution in [0.2, 0.25) is 0 Å². The van der Waals surface area contributed by atoms with E-state index in [-0.39, 0.29) is 10.8 Å². The first-order valence-electron chi connectivity index (χ1n) is 8.32. The third-order valence-electron chi connectivity index (χ3n) is 4.16. The van der Waals surface area contributed by atoms with Crippen molar-refractivity contribution in [1.82, 2.24) is 9.62 Å². The van der Waals surface area contributed by atoms with Gasteiger partial charge in [-0.2, -0.15) is 4.31 Å². The van der Waals surface area contributed by atoms with Gasteiger partial charge in [-0.3, -0.25) is 4.79 Å². The highest BCUT2D eigenvalue weighted by atomic mass is 32.2. The van der Waals surface area contributed by atoms with Crippen LogP contribution in [0.15, 0.2) is 29.2 Å². The lowest BCUT2D eigenvalue weighted by atomic mass is 10.0. The van der Waals surface area contributed by atoms with E-state index in [1.807, 2.05) is 0 Å². The molecule has 1 fully saturated rings. The summed E-state index contributed by atoms with van der Waals surface area (Å²) in [5.74, 6) is 0.0935. The lowest BCUT2D eigenvalue weighted by Crippen LogP contribution is -2.39. The van der Waals surface area contributed by atoms with Gasteiger partial charge in [0.2, 0.25) is 10.0 Å². The Morgan fingerprint density at radius 2 is 2.21 bits per heavy atom. The average Bonchev–Trinajstić information content (AvgIpc) is 2.58. The van der Waals surface area contributed by atoms with Gasteiger partial charge < -0.3 is 10.1 Å². The number of carbonyl (C=O) groups excluding carboxylic acids is 1. The van der Waals surface area contributed by atoms with Gasteiger partial charge in [-0.15, -0.1) is 0 Å². The minimum Gasteiger partial charge on any atom is -0.385 e. The number of piperidine rings is 1. The standard InChI is InChI=1S/C17H26N2O4S/c1-14-6-4-10-19(13-14)24(21,22)16-8-3-7-15(12-16)17(20)18-9-5-11-23-2/h3,7-8,12,14H,4-6,9-11,13H2,1-2H3,(H,18,20). The molecule has 0 radical (unpaired) electrons. The summed E-state index contributed by atoms with van der Waals surface area (Å²) >= 11 is 0. The zero-order valence-electron chi connectivity index (χ0n) is 14.3. The van der Waals surface area contributed by atoms with Crippen molar-refractivity contribution in [3.63, 3.8) is 0 Å². The Hall–Kier alpha value is -1.44. The molecule has 1 N–H and O–H groups in total. The number of sulfonamides is 1. The second kappa shape index (κ2) is 8.60. The van der Waals surface area contributed by atoms with E-state index in [2.05, 4.69) is 12.2 Å². The van der Waals surface area contributed by atoms with E-state index in [4.69, 9.17) is 4.74 Å². The minimum absolute atomic E-state index is 0.182. The molecule has 0 aromatic heterocycles. The van der Waals surface area contributed by atoms with E-state index < -0.39 is 10.0 Å². The molecule has 0 saturated carbocycles. The molecule has 1 atom stereocenters. The Labute approximate surface area is 144 Å². The van der Waals surface area contributed by atoms with Crippen LogP contribution in [0.1, 0.15) is 36.5 Å². The first kappa shape index (κ1) is 18.9. The van der Waals surface area contributed by atoms with Crippen LogP contribution in [-0.2, 0) is 14.8 Å². The van der Waals surface area contributed by atoms with Gasteiger partial charge in [-0.1, -0.05) is 13.0 Å². The normalized spacial score (nSPS) is 19.2. The number of hydrogen-bond donors (Lipinski definition) is 1. The van der Waals surface area contributed by atoms with E-state index in [1.165, 1.54) is 10.4 Å². The number of nitrogens with one attached hydrogen (secondary N) is 1. The SMILES string of the molecule is COCCCNC(=O)c1cccc(S(=O)(=O)N2CCCC(C)C2)c1. The molecule has 0 spiro atoms. The predicted octanol–water partition coefficient (Wildman–Crippen LogP) is 1.87. The maximum absolute atomic E-state index is 12.8. The van der Waals surface area contributed by atoms with Crippen molar-refractivity contribution in [2.24, 2.45) is 5.92 Å². The minimum atomic E-state index is -3.55. The summed E-state index contributed by atoms with van der Waals surface area (Å²) < 4.78 is 32.0. The maximum Gasteiger partial charge on any atom is 0.251 e. The third-order valence-corrected chi connectivity index (χ3v) is 6.03. The number of benzene rings is 1. The molecular weight excluding hydrogens is 328 g/mol. The Morgan fingerprint density at radius 3 is 2.92 bits per heavy atom. The summed E-state index contributed by atoms with van der Waals surface area (Å²) in [5.41, 5.74) is 0.360. The van der Waals surface area contributed by atoms with Crippen LogP contribution in [0.3, 0.4) is 0 Å². The van der Waals surface area contributed by atoms with Crippen LogP contribution in [0.5, 0.6) is 0 Å². The van der Waals surface area contributed by atoms with Crippen LogP contribution >= 0.6 is 0 Å². The number of amides is 1. The average molecular weight is 354 g/mol. The maximum atomic E-state index is 12.8. The van der Waals surface area contributed by atoms with Gasteiger partial charge in [0.25, 0.3) is 5.91 Å². The number of rotatable bonds is 7. The monoisotopic (exact) mass is 354 g/mol. The Balaban J connectivity index is 2.10. The summed E-state index contributed by atoms with van der Waals surface area (Å²) in [7, 11) is -1.94. The van der Waals surface area contributed by atoms with E-state index >= 15 is 0 Å². The number of carbonyl (C=O) groups is 1. The van der Waals surface area contributed by atoms with Crippen LogP contribution in [0, 0.1) is 5.92 Å². The second-order valence-corrected chi connectivity index (χ2v) is 8.18. The van der Waals surface area contributed by atoms with Gasteiger partial charge in [0.05, 0.1) is 4.90 Å². The van der Waals surface area contributed by atoms with Crippen molar-refractivity contribution in [3.05, 3.63) is 29.8 Å². The van der Waals surface area contributed by atoms with Crippen LogP contribution < -0.4 is 5.32 Å². The molecule has 1 saturated heterocycles. The molecule has 0 aliphatic carbocycles. The molecule has 1 aliphatic heterocycles. The predicted molar refractivity (Wildman–Crippen MR) is 92.4 cm³/mol. The zero-order valence-corrected chi connectivity index (χ0v) is 15.1. The fraction of sp³-hybridized carbons (Fsp3) is 0.588. The van der Waals surface area contributed by atoms with E-state index in [1.54, 1.807) is 25.3 Å². The quantitative estimate of drug-likeness (QED) is 0.759. The highest BCUT2D eigenvalue weighted by molar-refractivity contribution is 7.89. The fourth-order valence-electron chi connectivity index (χ4n) is 2.83. The Morgan fingerprint density at radius 1 is 1.42 bits per heavy atom. The first-order valence-corrected chi connectivity index (χ1v) is 9.76. The van der Waals surface area contributed by atoms with Crippen molar-refractivity contribution >= 4 is 15.9 Å². The van der Waals surface area contributed by atoms with Crippen molar-refractivity contribution in [2.45, 2.75) is 31.1 Å². The largest absolute Gasteiger partial charge is 0.385 e. The molecule has 1 heterocycles. The third kappa shape index (κ3) is 4.78. The Kier molecular flexibility index (Phi) is 6.77. The zero-order chi connectivity index (χ0) is 17.6. The molecule has 7 heteroatoms. The molecular formula is C17H26N2O4S. The summed E-state index contributed by atoms with van der Waals surface area (Å²) in [4.78, 5) is 12.3. The molecule has 1 aromatic rings. The summed E-state index contributed by atoms with van der Waals surface area (Å²) in [6.45, 7) is 4.20. The van der Waals surface area contributed by atoms with Crippen LogP contribution in [-0.4, -0.2) is 52.0 Å². The molecule has 0 bridgehead atoms. The smallest absolute Gasteiger partial charge is 0.251 e. The molecule has 2 rings (SSSR count). The fourth-order valence-corrected chi connectivity index (χ4v) is 4.48.